The molecule has 1 saturated carbocycles. The van der Waals surface area contributed by atoms with Crippen LogP contribution in [0.3, 0.4) is 0 Å². The number of rotatable bonds is 5. The van der Waals surface area contributed by atoms with Crippen molar-refractivity contribution in [3.05, 3.63) is 22.8 Å². The van der Waals surface area contributed by atoms with E-state index in [2.05, 4.69) is 30.7 Å². The van der Waals surface area contributed by atoms with Gasteiger partial charge in [0, 0.05) is 16.6 Å². The lowest BCUT2D eigenvalue weighted by Crippen LogP contribution is -2.14. The standard InChI is InChI=1S/C15H25N3S/c1-10(8-16)15-11(2)17-14(18-12(15)3)9-19-13-6-4-5-7-13/h10,13H,4-9,16H2,1-3H3. The molecule has 0 bridgehead atoms. The second kappa shape index (κ2) is 6.71. The van der Waals surface area contributed by atoms with Gasteiger partial charge in [-0.3, -0.25) is 0 Å². The first kappa shape index (κ1) is 14.8. The second-order valence-corrected chi connectivity index (χ2v) is 6.87. The van der Waals surface area contributed by atoms with Crippen LogP contribution in [0, 0.1) is 13.8 Å². The van der Waals surface area contributed by atoms with E-state index in [0.717, 1.165) is 28.2 Å². The molecule has 1 aliphatic carbocycles. The predicted molar refractivity (Wildman–Crippen MR) is 82.5 cm³/mol. The summed E-state index contributed by atoms with van der Waals surface area (Å²) in [5.41, 5.74) is 9.20. The fourth-order valence-electron chi connectivity index (χ4n) is 2.94. The van der Waals surface area contributed by atoms with Crippen molar-refractivity contribution in [1.29, 1.82) is 0 Å². The summed E-state index contributed by atoms with van der Waals surface area (Å²) in [5.74, 6) is 2.28. The molecule has 1 aromatic heterocycles. The molecule has 0 spiro atoms. The number of thioether (sulfide) groups is 1. The SMILES string of the molecule is Cc1nc(CSC2CCCC2)nc(C)c1C(C)CN. The molecule has 0 radical (unpaired) electrons. The van der Waals surface area contributed by atoms with Crippen molar-refractivity contribution in [2.24, 2.45) is 5.73 Å². The monoisotopic (exact) mass is 279 g/mol. The summed E-state index contributed by atoms with van der Waals surface area (Å²) in [6.45, 7) is 6.96. The minimum absolute atomic E-state index is 0.344. The lowest BCUT2D eigenvalue weighted by Gasteiger charge is -2.16. The summed E-state index contributed by atoms with van der Waals surface area (Å²) in [5, 5.41) is 0.826. The van der Waals surface area contributed by atoms with Crippen molar-refractivity contribution in [3.63, 3.8) is 0 Å². The third-order valence-corrected chi connectivity index (χ3v) is 5.34. The summed E-state index contributed by atoms with van der Waals surface area (Å²) in [7, 11) is 0. The minimum Gasteiger partial charge on any atom is -0.330 e. The van der Waals surface area contributed by atoms with Crippen molar-refractivity contribution in [2.45, 2.75) is 63.4 Å². The van der Waals surface area contributed by atoms with Crippen molar-refractivity contribution in [3.8, 4) is 0 Å². The Morgan fingerprint density at radius 3 is 2.32 bits per heavy atom. The highest BCUT2D eigenvalue weighted by Gasteiger charge is 2.17. The van der Waals surface area contributed by atoms with Crippen LogP contribution in [0.25, 0.3) is 0 Å². The van der Waals surface area contributed by atoms with E-state index in [4.69, 9.17) is 5.73 Å². The molecular formula is C15H25N3S. The molecule has 0 aromatic carbocycles. The summed E-state index contributed by atoms with van der Waals surface area (Å²) in [6.07, 6.45) is 5.52. The molecule has 4 heteroatoms. The molecule has 3 nitrogen and oxygen atoms in total. The molecule has 0 aliphatic heterocycles. The van der Waals surface area contributed by atoms with E-state index >= 15 is 0 Å². The average Bonchev–Trinajstić information content (AvgIpc) is 2.88. The second-order valence-electron chi connectivity index (χ2n) is 5.58. The number of hydrogen-bond donors (Lipinski definition) is 1. The fraction of sp³-hybridized carbons (Fsp3) is 0.733. The zero-order valence-corrected chi connectivity index (χ0v) is 13.1. The molecule has 1 atom stereocenters. The molecule has 1 heterocycles. The molecule has 1 fully saturated rings. The van der Waals surface area contributed by atoms with Gasteiger partial charge in [0.25, 0.3) is 0 Å². The number of hydrogen-bond acceptors (Lipinski definition) is 4. The number of aromatic nitrogens is 2. The first-order valence-electron chi connectivity index (χ1n) is 7.27. The smallest absolute Gasteiger partial charge is 0.138 e. The quantitative estimate of drug-likeness (QED) is 0.898. The van der Waals surface area contributed by atoms with Gasteiger partial charge in [0.05, 0.1) is 5.75 Å². The average molecular weight is 279 g/mol. The Morgan fingerprint density at radius 1 is 1.21 bits per heavy atom. The molecule has 2 N–H and O–H groups in total. The van der Waals surface area contributed by atoms with Crippen molar-refractivity contribution in [1.82, 2.24) is 9.97 Å². The summed E-state index contributed by atoms with van der Waals surface area (Å²) < 4.78 is 0. The van der Waals surface area contributed by atoms with E-state index in [0.29, 0.717) is 12.5 Å². The molecule has 106 valence electrons. The van der Waals surface area contributed by atoms with E-state index < -0.39 is 0 Å². The highest BCUT2D eigenvalue weighted by Crippen LogP contribution is 2.31. The summed E-state index contributed by atoms with van der Waals surface area (Å²) in [6, 6.07) is 0. The predicted octanol–water partition coefficient (Wildman–Crippen LogP) is 3.33. The Hall–Kier alpha value is -0.610. The van der Waals surface area contributed by atoms with Crippen LogP contribution < -0.4 is 5.73 Å². The molecule has 0 amide bonds. The van der Waals surface area contributed by atoms with E-state index in [-0.39, 0.29) is 0 Å². The molecular weight excluding hydrogens is 254 g/mol. The van der Waals surface area contributed by atoms with E-state index in [1.54, 1.807) is 0 Å². The zero-order chi connectivity index (χ0) is 13.8. The Morgan fingerprint density at radius 2 is 1.79 bits per heavy atom. The van der Waals surface area contributed by atoms with Crippen LogP contribution in [0.5, 0.6) is 0 Å². The van der Waals surface area contributed by atoms with Crippen LogP contribution in [0.4, 0.5) is 0 Å². The maximum absolute atomic E-state index is 5.76. The molecule has 1 aromatic rings. The molecule has 1 aliphatic rings. The Kier molecular flexibility index (Phi) is 5.22. The normalized spacial score (nSPS) is 17.9. The Balaban J connectivity index is 2.06. The van der Waals surface area contributed by atoms with Crippen LogP contribution in [-0.2, 0) is 5.75 Å². The van der Waals surface area contributed by atoms with E-state index in [1.165, 1.54) is 31.2 Å². The van der Waals surface area contributed by atoms with Crippen LogP contribution >= 0.6 is 11.8 Å². The van der Waals surface area contributed by atoms with E-state index in [9.17, 15) is 0 Å². The minimum atomic E-state index is 0.344. The molecule has 1 unspecified atom stereocenters. The Labute approximate surface area is 120 Å². The largest absolute Gasteiger partial charge is 0.330 e. The maximum atomic E-state index is 5.76. The summed E-state index contributed by atoms with van der Waals surface area (Å²) >= 11 is 2.02. The molecule has 19 heavy (non-hydrogen) atoms. The van der Waals surface area contributed by atoms with Gasteiger partial charge in [-0.05, 0) is 44.7 Å². The first-order chi connectivity index (χ1) is 9.11. The van der Waals surface area contributed by atoms with Gasteiger partial charge in [-0.2, -0.15) is 11.8 Å². The van der Waals surface area contributed by atoms with Crippen molar-refractivity contribution in [2.75, 3.05) is 6.54 Å². The van der Waals surface area contributed by atoms with Gasteiger partial charge in [0.2, 0.25) is 0 Å². The van der Waals surface area contributed by atoms with Crippen LogP contribution in [0.1, 0.15) is 61.3 Å². The third-order valence-electron chi connectivity index (χ3n) is 3.97. The number of nitrogens with zero attached hydrogens (tertiary/aromatic N) is 2. The van der Waals surface area contributed by atoms with Crippen molar-refractivity contribution < 1.29 is 0 Å². The van der Waals surface area contributed by atoms with Gasteiger partial charge in [0.1, 0.15) is 5.82 Å². The van der Waals surface area contributed by atoms with Crippen LogP contribution in [-0.4, -0.2) is 21.8 Å². The molecule has 0 saturated heterocycles. The third kappa shape index (κ3) is 3.69. The van der Waals surface area contributed by atoms with Gasteiger partial charge in [-0.25, -0.2) is 9.97 Å². The lowest BCUT2D eigenvalue weighted by atomic mass is 9.98. The maximum Gasteiger partial charge on any atom is 0.138 e. The fourth-order valence-corrected chi connectivity index (χ4v) is 4.12. The number of aryl methyl sites for hydroxylation is 2. The Bertz CT molecular complexity index is 404. The highest BCUT2D eigenvalue weighted by molar-refractivity contribution is 7.99. The highest BCUT2D eigenvalue weighted by atomic mass is 32.2. The van der Waals surface area contributed by atoms with Crippen LogP contribution in [0.15, 0.2) is 0 Å². The molecule has 2 rings (SSSR count). The topological polar surface area (TPSA) is 51.8 Å². The van der Waals surface area contributed by atoms with Crippen molar-refractivity contribution >= 4 is 11.8 Å². The van der Waals surface area contributed by atoms with Gasteiger partial charge in [0.15, 0.2) is 0 Å². The summed E-state index contributed by atoms with van der Waals surface area (Å²) in [4.78, 5) is 9.35. The first-order valence-corrected chi connectivity index (χ1v) is 8.32. The lowest BCUT2D eigenvalue weighted by molar-refractivity contribution is 0.736. The number of nitrogens with two attached hydrogens (primary N) is 1. The van der Waals surface area contributed by atoms with Crippen LogP contribution in [0.2, 0.25) is 0 Å². The van der Waals surface area contributed by atoms with Gasteiger partial charge in [-0.15, -0.1) is 0 Å². The zero-order valence-electron chi connectivity index (χ0n) is 12.3. The van der Waals surface area contributed by atoms with Gasteiger partial charge >= 0.3 is 0 Å². The van der Waals surface area contributed by atoms with Gasteiger partial charge < -0.3 is 5.73 Å². The van der Waals surface area contributed by atoms with Gasteiger partial charge in [-0.1, -0.05) is 19.8 Å². The van der Waals surface area contributed by atoms with E-state index in [1.807, 2.05) is 11.8 Å².